The number of hydrogen-bond donors (Lipinski definition) is 1. The van der Waals surface area contributed by atoms with Gasteiger partial charge in [0.2, 0.25) is 0 Å². The van der Waals surface area contributed by atoms with Gasteiger partial charge in [-0.15, -0.1) is 11.3 Å². The fourth-order valence-electron chi connectivity index (χ4n) is 2.58. The molecule has 8 heteroatoms. The number of carbonyl (C=O) groups is 1. The molecular weight excluding hydrogens is 395 g/mol. The van der Waals surface area contributed by atoms with Crippen LogP contribution in [-0.4, -0.2) is 15.9 Å². The lowest BCUT2D eigenvalue weighted by molar-refractivity contribution is -0.148. The summed E-state index contributed by atoms with van der Waals surface area (Å²) in [5.41, 5.74) is 1.32. The highest BCUT2D eigenvalue weighted by atomic mass is 35.5. The monoisotopic (exact) mass is 410 g/mol. The number of aromatic amines is 1. The van der Waals surface area contributed by atoms with E-state index in [9.17, 15) is 9.59 Å². The molecule has 0 unspecified atom stereocenters. The number of aromatic nitrogens is 2. The number of carbonyl (C=O) groups excluding carboxylic acids is 1. The summed E-state index contributed by atoms with van der Waals surface area (Å²) in [7, 11) is 0. The standard InChI is InChI=1S/C18H16Cl2N2O3S/c1-8-10(3)26-18-15(8)17(24)21-16(22-18)9(2)25-14(23)6-11-4-5-12(19)7-13(11)20/h4-5,7,9H,6H2,1-3H3,(H,21,22,24)/t9-/m1/s1. The molecule has 0 spiro atoms. The van der Waals surface area contributed by atoms with Crippen LogP contribution in [0.5, 0.6) is 0 Å². The molecule has 26 heavy (non-hydrogen) atoms. The Labute approximate surface area is 163 Å². The topological polar surface area (TPSA) is 72.0 Å². The van der Waals surface area contributed by atoms with Crippen LogP contribution in [-0.2, 0) is 16.0 Å². The zero-order valence-electron chi connectivity index (χ0n) is 14.4. The first-order valence-corrected chi connectivity index (χ1v) is 9.47. The number of ether oxygens (including phenoxy) is 1. The van der Waals surface area contributed by atoms with Gasteiger partial charge in [-0.25, -0.2) is 4.98 Å². The van der Waals surface area contributed by atoms with E-state index in [2.05, 4.69) is 9.97 Å². The van der Waals surface area contributed by atoms with E-state index in [1.54, 1.807) is 25.1 Å². The fraction of sp³-hybridized carbons (Fsp3) is 0.278. The molecule has 1 atom stereocenters. The normalized spacial score (nSPS) is 12.3. The zero-order valence-corrected chi connectivity index (χ0v) is 16.7. The molecule has 0 radical (unpaired) electrons. The van der Waals surface area contributed by atoms with Crippen molar-refractivity contribution in [2.45, 2.75) is 33.3 Å². The molecule has 5 nitrogen and oxygen atoms in total. The van der Waals surface area contributed by atoms with E-state index in [4.69, 9.17) is 27.9 Å². The summed E-state index contributed by atoms with van der Waals surface area (Å²) in [6.45, 7) is 5.50. The largest absolute Gasteiger partial charge is 0.454 e. The number of nitrogens with one attached hydrogen (secondary N) is 1. The zero-order chi connectivity index (χ0) is 19.0. The number of halogens is 2. The Hall–Kier alpha value is -1.89. The number of aryl methyl sites for hydroxylation is 2. The number of rotatable bonds is 4. The molecule has 3 rings (SSSR count). The van der Waals surface area contributed by atoms with Gasteiger partial charge in [0, 0.05) is 14.9 Å². The predicted molar refractivity (Wildman–Crippen MR) is 104 cm³/mol. The summed E-state index contributed by atoms with van der Waals surface area (Å²) >= 11 is 13.4. The van der Waals surface area contributed by atoms with Gasteiger partial charge in [0.05, 0.1) is 11.8 Å². The number of thiophene rings is 1. The molecule has 1 N–H and O–H groups in total. The number of hydrogen-bond acceptors (Lipinski definition) is 5. The van der Waals surface area contributed by atoms with Crippen LogP contribution in [0.1, 0.15) is 34.9 Å². The fourth-order valence-corrected chi connectivity index (χ4v) is 4.09. The summed E-state index contributed by atoms with van der Waals surface area (Å²) in [6, 6.07) is 4.91. The highest BCUT2D eigenvalue weighted by Crippen LogP contribution is 2.27. The van der Waals surface area contributed by atoms with Crippen LogP contribution in [0.2, 0.25) is 10.0 Å². The summed E-state index contributed by atoms with van der Waals surface area (Å²) in [5.74, 6) is -0.151. The molecule has 0 saturated carbocycles. The van der Waals surface area contributed by atoms with Gasteiger partial charge >= 0.3 is 5.97 Å². The molecule has 0 amide bonds. The third-order valence-corrected chi connectivity index (χ3v) is 5.79. The lowest BCUT2D eigenvalue weighted by Gasteiger charge is -2.13. The maximum atomic E-state index is 12.3. The molecule has 0 fully saturated rings. The molecular formula is C18H16Cl2N2O3S. The van der Waals surface area contributed by atoms with Gasteiger partial charge in [0.1, 0.15) is 4.83 Å². The summed E-state index contributed by atoms with van der Waals surface area (Å²) in [6.07, 6.45) is -0.683. The third-order valence-electron chi connectivity index (χ3n) is 4.10. The van der Waals surface area contributed by atoms with Gasteiger partial charge in [-0.1, -0.05) is 29.3 Å². The van der Waals surface area contributed by atoms with E-state index in [1.165, 1.54) is 11.3 Å². The average Bonchev–Trinajstić information content (AvgIpc) is 2.85. The van der Waals surface area contributed by atoms with E-state index in [-0.39, 0.29) is 12.0 Å². The SMILES string of the molecule is Cc1sc2nc([C@@H](C)OC(=O)Cc3ccc(Cl)cc3Cl)[nH]c(=O)c2c1C. The van der Waals surface area contributed by atoms with Crippen LogP contribution in [0, 0.1) is 13.8 Å². The quantitative estimate of drug-likeness (QED) is 0.629. The third kappa shape index (κ3) is 3.77. The number of fused-ring (bicyclic) bond motifs is 1. The van der Waals surface area contributed by atoms with Crippen molar-refractivity contribution in [1.82, 2.24) is 9.97 Å². The van der Waals surface area contributed by atoms with Gasteiger partial charge < -0.3 is 9.72 Å². The molecule has 2 aromatic heterocycles. The van der Waals surface area contributed by atoms with Crippen molar-refractivity contribution in [1.29, 1.82) is 0 Å². The van der Waals surface area contributed by atoms with Crippen LogP contribution in [0.25, 0.3) is 10.2 Å². The maximum absolute atomic E-state index is 12.3. The van der Waals surface area contributed by atoms with E-state index in [0.717, 1.165) is 10.4 Å². The Bertz CT molecular complexity index is 1060. The van der Waals surface area contributed by atoms with Gasteiger partial charge in [-0.2, -0.15) is 0 Å². The average molecular weight is 411 g/mol. The second-order valence-corrected chi connectivity index (χ2v) is 8.01. The first-order chi connectivity index (χ1) is 12.3. The molecule has 0 aliphatic carbocycles. The molecule has 3 aromatic rings. The first-order valence-electron chi connectivity index (χ1n) is 7.89. The van der Waals surface area contributed by atoms with Crippen molar-refractivity contribution >= 4 is 50.7 Å². The van der Waals surface area contributed by atoms with Crippen molar-refractivity contribution < 1.29 is 9.53 Å². The molecule has 1 aromatic carbocycles. The number of esters is 1. The van der Waals surface area contributed by atoms with E-state index >= 15 is 0 Å². The van der Waals surface area contributed by atoms with E-state index < -0.39 is 12.1 Å². The minimum absolute atomic E-state index is 0.00400. The Balaban J connectivity index is 1.79. The van der Waals surface area contributed by atoms with Crippen molar-refractivity contribution in [3.63, 3.8) is 0 Å². The minimum atomic E-state index is -0.687. The van der Waals surface area contributed by atoms with Crippen molar-refractivity contribution in [3.8, 4) is 0 Å². The first kappa shape index (κ1) is 18.9. The van der Waals surface area contributed by atoms with Crippen molar-refractivity contribution in [3.05, 3.63) is 60.4 Å². The summed E-state index contributed by atoms with van der Waals surface area (Å²) in [5, 5.41) is 1.49. The lowest BCUT2D eigenvalue weighted by Crippen LogP contribution is -2.18. The van der Waals surface area contributed by atoms with Crippen molar-refractivity contribution in [2.75, 3.05) is 0 Å². The summed E-state index contributed by atoms with van der Waals surface area (Å²) in [4.78, 5) is 33.4. The van der Waals surface area contributed by atoms with Gasteiger partial charge in [0.15, 0.2) is 11.9 Å². The predicted octanol–water partition coefficient (Wildman–Crippen LogP) is 4.76. The Kier molecular flexibility index (Phi) is 5.37. The van der Waals surface area contributed by atoms with Gasteiger partial charge in [-0.3, -0.25) is 9.59 Å². The highest BCUT2D eigenvalue weighted by Gasteiger charge is 2.19. The molecule has 0 saturated heterocycles. The second kappa shape index (κ2) is 7.39. The molecule has 136 valence electrons. The van der Waals surface area contributed by atoms with Crippen LogP contribution in [0.15, 0.2) is 23.0 Å². The van der Waals surface area contributed by atoms with Crippen LogP contribution in [0.3, 0.4) is 0 Å². The van der Waals surface area contributed by atoms with E-state index in [1.807, 2.05) is 13.8 Å². The van der Waals surface area contributed by atoms with Crippen LogP contribution >= 0.6 is 34.5 Å². The Morgan fingerprint density at radius 2 is 2.08 bits per heavy atom. The lowest BCUT2D eigenvalue weighted by atomic mass is 10.1. The molecule has 0 bridgehead atoms. The maximum Gasteiger partial charge on any atom is 0.311 e. The second-order valence-electron chi connectivity index (χ2n) is 5.96. The van der Waals surface area contributed by atoms with Crippen molar-refractivity contribution in [2.24, 2.45) is 0 Å². The smallest absolute Gasteiger partial charge is 0.311 e. The van der Waals surface area contributed by atoms with Crippen LogP contribution < -0.4 is 5.56 Å². The Morgan fingerprint density at radius 1 is 1.35 bits per heavy atom. The molecule has 0 aliphatic rings. The minimum Gasteiger partial charge on any atom is -0.454 e. The van der Waals surface area contributed by atoms with Gasteiger partial charge in [0.25, 0.3) is 5.56 Å². The molecule has 0 aliphatic heterocycles. The number of nitrogens with zero attached hydrogens (tertiary/aromatic N) is 1. The number of H-pyrrole nitrogens is 1. The van der Waals surface area contributed by atoms with Gasteiger partial charge in [-0.05, 0) is 44.0 Å². The molecule has 2 heterocycles. The van der Waals surface area contributed by atoms with E-state index in [0.29, 0.717) is 31.6 Å². The highest BCUT2D eigenvalue weighted by molar-refractivity contribution is 7.18. The van der Waals surface area contributed by atoms with Crippen LogP contribution in [0.4, 0.5) is 0 Å². The Morgan fingerprint density at radius 3 is 2.77 bits per heavy atom. The number of benzene rings is 1. The summed E-state index contributed by atoms with van der Waals surface area (Å²) < 4.78 is 5.41.